The van der Waals surface area contributed by atoms with Crippen LogP contribution >= 0.6 is 0 Å². The molecule has 0 spiro atoms. The SMILES string of the molecule is Cc1cc(C(C)Nc2cc(C(N)=O)ccc2F)c(C)o1. The minimum atomic E-state index is -0.587. The molecule has 0 aliphatic carbocycles. The van der Waals surface area contributed by atoms with Crippen molar-refractivity contribution in [2.45, 2.75) is 26.8 Å². The highest BCUT2D eigenvalue weighted by Crippen LogP contribution is 2.26. The van der Waals surface area contributed by atoms with Gasteiger partial charge in [0.05, 0.1) is 11.7 Å². The van der Waals surface area contributed by atoms with Crippen molar-refractivity contribution in [3.8, 4) is 0 Å². The van der Waals surface area contributed by atoms with E-state index in [0.717, 1.165) is 17.1 Å². The summed E-state index contributed by atoms with van der Waals surface area (Å²) in [5, 5.41) is 3.03. The molecular formula is C15H17FN2O2. The van der Waals surface area contributed by atoms with E-state index in [1.165, 1.54) is 18.2 Å². The second kappa shape index (κ2) is 5.36. The maximum atomic E-state index is 13.8. The van der Waals surface area contributed by atoms with Crippen molar-refractivity contribution in [2.24, 2.45) is 5.73 Å². The Balaban J connectivity index is 2.27. The Morgan fingerprint density at radius 2 is 2.05 bits per heavy atom. The number of rotatable bonds is 4. The number of furan rings is 1. The van der Waals surface area contributed by atoms with E-state index in [1.807, 2.05) is 26.8 Å². The molecule has 1 atom stereocenters. The zero-order chi connectivity index (χ0) is 14.9. The van der Waals surface area contributed by atoms with E-state index in [4.69, 9.17) is 10.2 Å². The van der Waals surface area contributed by atoms with Gasteiger partial charge in [-0.3, -0.25) is 4.79 Å². The predicted octanol–water partition coefficient (Wildman–Crippen LogP) is 3.31. The molecule has 1 aromatic carbocycles. The molecular weight excluding hydrogens is 259 g/mol. The molecule has 0 saturated heterocycles. The zero-order valence-electron chi connectivity index (χ0n) is 11.7. The number of aryl methyl sites for hydroxylation is 2. The van der Waals surface area contributed by atoms with Crippen molar-refractivity contribution >= 4 is 11.6 Å². The highest BCUT2D eigenvalue weighted by Gasteiger charge is 2.15. The number of benzene rings is 1. The highest BCUT2D eigenvalue weighted by molar-refractivity contribution is 5.93. The number of carbonyl (C=O) groups is 1. The molecule has 1 unspecified atom stereocenters. The Morgan fingerprint density at radius 3 is 2.60 bits per heavy atom. The van der Waals surface area contributed by atoms with Gasteiger partial charge in [0, 0.05) is 11.1 Å². The standard InChI is InChI=1S/C15H17FN2O2/c1-8-6-12(10(3)20-8)9(2)18-14-7-11(15(17)19)4-5-13(14)16/h4-7,9,18H,1-3H3,(H2,17,19). The lowest BCUT2D eigenvalue weighted by Crippen LogP contribution is -2.13. The third-order valence-corrected chi connectivity index (χ3v) is 3.17. The van der Waals surface area contributed by atoms with Gasteiger partial charge in [0.1, 0.15) is 17.3 Å². The first-order valence-corrected chi connectivity index (χ1v) is 6.31. The highest BCUT2D eigenvalue weighted by atomic mass is 19.1. The number of hydrogen-bond acceptors (Lipinski definition) is 3. The smallest absolute Gasteiger partial charge is 0.248 e. The summed E-state index contributed by atoms with van der Waals surface area (Å²) < 4.78 is 19.2. The van der Waals surface area contributed by atoms with Crippen LogP contribution in [0.3, 0.4) is 0 Å². The van der Waals surface area contributed by atoms with E-state index in [2.05, 4.69) is 5.32 Å². The number of halogens is 1. The average Bonchev–Trinajstić information content (AvgIpc) is 2.71. The molecule has 1 amide bonds. The second-order valence-corrected chi connectivity index (χ2v) is 4.79. The number of anilines is 1. The van der Waals surface area contributed by atoms with Gasteiger partial charge in [0.25, 0.3) is 0 Å². The number of nitrogens with two attached hydrogens (primary N) is 1. The first-order valence-electron chi connectivity index (χ1n) is 6.31. The van der Waals surface area contributed by atoms with Gasteiger partial charge in [-0.05, 0) is 45.0 Å². The summed E-state index contributed by atoms with van der Waals surface area (Å²) in [5.74, 6) is 0.572. The van der Waals surface area contributed by atoms with Crippen LogP contribution in [-0.4, -0.2) is 5.91 Å². The van der Waals surface area contributed by atoms with E-state index < -0.39 is 11.7 Å². The van der Waals surface area contributed by atoms with E-state index in [9.17, 15) is 9.18 Å². The molecule has 0 bridgehead atoms. The largest absolute Gasteiger partial charge is 0.466 e. The lowest BCUT2D eigenvalue weighted by Gasteiger charge is -2.15. The Bertz CT molecular complexity index is 649. The van der Waals surface area contributed by atoms with Gasteiger partial charge in [-0.2, -0.15) is 0 Å². The van der Waals surface area contributed by atoms with E-state index in [1.54, 1.807) is 0 Å². The number of nitrogens with one attached hydrogen (secondary N) is 1. The van der Waals surface area contributed by atoms with Crippen LogP contribution < -0.4 is 11.1 Å². The van der Waals surface area contributed by atoms with Crippen molar-refractivity contribution in [2.75, 3.05) is 5.32 Å². The van der Waals surface area contributed by atoms with Crippen LogP contribution in [0, 0.1) is 19.7 Å². The first kappa shape index (κ1) is 14.1. The van der Waals surface area contributed by atoms with Gasteiger partial charge in [0.15, 0.2) is 0 Å². The lowest BCUT2D eigenvalue weighted by molar-refractivity contribution is 0.100. The maximum absolute atomic E-state index is 13.8. The number of primary amides is 1. The number of hydrogen-bond donors (Lipinski definition) is 2. The predicted molar refractivity (Wildman–Crippen MR) is 75.1 cm³/mol. The van der Waals surface area contributed by atoms with Crippen LogP contribution in [0.5, 0.6) is 0 Å². The molecule has 0 fully saturated rings. The summed E-state index contributed by atoms with van der Waals surface area (Å²) in [6, 6.07) is 5.76. The fourth-order valence-electron chi connectivity index (χ4n) is 2.18. The first-order chi connectivity index (χ1) is 9.38. The quantitative estimate of drug-likeness (QED) is 0.900. The molecule has 1 aromatic heterocycles. The van der Waals surface area contributed by atoms with Crippen molar-refractivity contribution in [3.63, 3.8) is 0 Å². The summed E-state index contributed by atoms with van der Waals surface area (Å²) in [6.45, 7) is 5.61. The van der Waals surface area contributed by atoms with Crippen LogP contribution in [0.2, 0.25) is 0 Å². The zero-order valence-corrected chi connectivity index (χ0v) is 11.7. The van der Waals surface area contributed by atoms with Gasteiger partial charge < -0.3 is 15.5 Å². The summed E-state index contributed by atoms with van der Waals surface area (Å²) in [5.41, 5.74) is 6.66. The Morgan fingerprint density at radius 1 is 1.35 bits per heavy atom. The molecule has 2 rings (SSSR count). The molecule has 0 aliphatic rings. The fraction of sp³-hybridized carbons (Fsp3) is 0.267. The fourth-order valence-corrected chi connectivity index (χ4v) is 2.18. The van der Waals surface area contributed by atoms with Crippen LogP contribution in [0.1, 0.15) is 40.4 Å². The van der Waals surface area contributed by atoms with Crippen LogP contribution in [-0.2, 0) is 0 Å². The van der Waals surface area contributed by atoms with Crippen molar-refractivity contribution in [1.29, 1.82) is 0 Å². The summed E-state index contributed by atoms with van der Waals surface area (Å²) in [7, 11) is 0. The molecule has 4 nitrogen and oxygen atoms in total. The summed E-state index contributed by atoms with van der Waals surface area (Å²) in [6.07, 6.45) is 0. The molecule has 0 aliphatic heterocycles. The van der Waals surface area contributed by atoms with Crippen LogP contribution in [0.4, 0.5) is 10.1 Å². The second-order valence-electron chi connectivity index (χ2n) is 4.79. The Hall–Kier alpha value is -2.30. The average molecular weight is 276 g/mol. The summed E-state index contributed by atoms with van der Waals surface area (Å²) >= 11 is 0. The molecule has 20 heavy (non-hydrogen) atoms. The maximum Gasteiger partial charge on any atom is 0.248 e. The third-order valence-electron chi connectivity index (χ3n) is 3.17. The monoisotopic (exact) mass is 276 g/mol. The van der Waals surface area contributed by atoms with E-state index in [-0.39, 0.29) is 17.3 Å². The Kier molecular flexibility index (Phi) is 3.79. The van der Waals surface area contributed by atoms with Gasteiger partial charge in [-0.1, -0.05) is 0 Å². The normalized spacial score (nSPS) is 12.2. The topological polar surface area (TPSA) is 68.3 Å². The Labute approximate surface area is 116 Å². The van der Waals surface area contributed by atoms with Crippen LogP contribution in [0.25, 0.3) is 0 Å². The summed E-state index contributed by atoms with van der Waals surface area (Å²) in [4.78, 5) is 11.1. The number of amides is 1. The third kappa shape index (κ3) is 2.82. The molecule has 3 N–H and O–H groups in total. The van der Waals surface area contributed by atoms with Gasteiger partial charge >= 0.3 is 0 Å². The molecule has 5 heteroatoms. The lowest BCUT2D eigenvalue weighted by atomic mass is 10.1. The van der Waals surface area contributed by atoms with Gasteiger partial charge in [-0.25, -0.2) is 4.39 Å². The minimum absolute atomic E-state index is 0.148. The van der Waals surface area contributed by atoms with Crippen molar-refractivity contribution in [3.05, 3.63) is 52.7 Å². The molecule has 106 valence electrons. The van der Waals surface area contributed by atoms with Gasteiger partial charge in [0.2, 0.25) is 5.91 Å². The van der Waals surface area contributed by atoms with Gasteiger partial charge in [-0.15, -0.1) is 0 Å². The molecule has 1 heterocycles. The molecule has 2 aromatic rings. The van der Waals surface area contributed by atoms with Crippen LogP contribution in [0.15, 0.2) is 28.7 Å². The molecule has 0 saturated carbocycles. The van der Waals surface area contributed by atoms with Crippen molar-refractivity contribution < 1.29 is 13.6 Å². The van der Waals surface area contributed by atoms with E-state index in [0.29, 0.717) is 0 Å². The molecule has 0 radical (unpaired) electrons. The van der Waals surface area contributed by atoms with E-state index >= 15 is 0 Å². The minimum Gasteiger partial charge on any atom is -0.466 e. The van der Waals surface area contributed by atoms with Crippen molar-refractivity contribution in [1.82, 2.24) is 0 Å². The number of carbonyl (C=O) groups excluding carboxylic acids is 1.